The lowest BCUT2D eigenvalue weighted by molar-refractivity contribution is -0.385. The number of aromatic nitrogens is 2. The predicted molar refractivity (Wildman–Crippen MR) is 92.9 cm³/mol. The first-order valence-electron chi connectivity index (χ1n) is 8.07. The molecule has 1 heterocycles. The first kappa shape index (κ1) is 19.0. The topological polar surface area (TPSA) is 113 Å². The van der Waals surface area contributed by atoms with Crippen molar-refractivity contribution in [3.63, 3.8) is 0 Å². The second-order valence-electron chi connectivity index (χ2n) is 6.73. The second-order valence-corrected chi connectivity index (χ2v) is 6.73. The van der Waals surface area contributed by atoms with Gasteiger partial charge in [0.1, 0.15) is 12.4 Å². The molecule has 0 saturated carbocycles. The van der Waals surface area contributed by atoms with E-state index >= 15 is 0 Å². The summed E-state index contributed by atoms with van der Waals surface area (Å²) in [7, 11) is 0. The van der Waals surface area contributed by atoms with Crippen LogP contribution >= 0.6 is 0 Å². The van der Waals surface area contributed by atoms with Crippen LogP contribution < -0.4 is 5.32 Å². The Morgan fingerprint density at radius 1 is 1.36 bits per heavy atom. The third-order valence-corrected chi connectivity index (χ3v) is 4.11. The van der Waals surface area contributed by atoms with E-state index in [1.807, 2.05) is 44.2 Å². The van der Waals surface area contributed by atoms with Crippen LogP contribution in [0.4, 0.5) is 5.69 Å². The van der Waals surface area contributed by atoms with Gasteiger partial charge >= 0.3 is 5.69 Å². The van der Waals surface area contributed by atoms with E-state index in [0.717, 1.165) is 11.8 Å². The third-order valence-electron chi connectivity index (χ3n) is 4.11. The molecule has 1 aromatic heterocycles. The van der Waals surface area contributed by atoms with Crippen molar-refractivity contribution in [1.82, 2.24) is 15.1 Å². The number of aliphatic hydroxyl groups is 2. The summed E-state index contributed by atoms with van der Waals surface area (Å²) in [6, 6.07) is 9.57. The van der Waals surface area contributed by atoms with Crippen molar-refractivity contribution < 1.29 is 15.1 Å². The molecule has 0 radical (unpaired) electrons. The molecule has 0 fully saturated rings. The Labute approximate surface area is 146 Å². The fourth-order valence-electron chi connectivity index (χ4n) is 2.66. The van der Waals surface area contributed by atoms with Crippen molar-refractivity contribution in [2.24, 2.45) is 5.41 Å². The van der Waals surface area contributed by atoms with E-state index in [0.29, 0.717) is 0 Å². The molecule has 0 aliphatic rings. The predicted octanol–water partition coefficient (Wildman–Crippen LogP) is 1.50. The zero-order valence-electron chi connectivity index (χ0n) is 14.4. The number of aliphatic hydroxyl groups excluding tert-OH is 2. The number of nitrogens with one attached hydrogen (secondary N) is 1. The highest BCUT2D eigenvalue weighted by molar-refractivity contribution is 5.21. The summed E-state index contributed by atoms with van der Waals surface area (Å²) in [5.74, 6) is 0. The molecule has 0 aliphatic carbocycles. The molecule has 25 heavy (non-hydrogen) atoms. The van der Waals surface area contributed by atoms with Crippen molar-refractivity contribution in [2.45, 2.75) is 32.5 Å². The van der Waals surface area contributed by atoms with Gasteiger partial charge in [-0.3, -0.25) is 14.8 Å². The van der Waals surface area contributed by atoms with Gasteiger partial charge in [-0.1, -0.05) is 44.2 Å². The minimum Gasteiger partial charge on any atom is -0.396 e. The summed E-state index contributed by atoms with van der Waals surface area (Å²) < 4.78 is 1.35. The largest absolute Gasteiger partial charge is 0.396 e. The van der Waals surface area contributed by atoms with Gasteiger partial charge in [0.15, 0.2) is 0 Å². The van der Waals surface area contributed by atoms with Gasteiger partial charge in [-0.05, 0) is 5.56 Å². The summed E-state index contributed by atoms with van der Waals surface area (Å²) >= 11 is 0. The molecule has 2 aromatic rings. The fraction of sp³-hybridized carbons (Fsp3) is 0.471. The van der Waals surface area contributed by atoms with Crippen molar-refractivity contribution >= 4 is 5.69 Å². The summed E-state index contributed by atoms with van der Waals surface area (Å²) in [4.78, 5) is 10.1. The maximum absolute atomic E-state index is 10.7. The van der Waals surface area contributed by atoms with Gasteiger partial charge in [-0.2, -0.15) is 5.10 Å². The van der Waals surface area contributed by atoms with Crippen LogP contribution in [0.3, 0.4) is 0 Å². The van der Waals surface area contributed by atoms with E-state index < -0.39 is 16.4 Å². The number of rotatable bonds is 9. The zero-order chi connectivity index (χ0) is 18.4. The second kappa shape index (κ2) is 8.19. The minimum absolute atomic E-state index is 0.0129. The van der Waals surface area contributed by atoms with Crippen molar-refractivity contribution in [3.05, 3.63) is 58.4 Å². The summed E-state index contributed by atoms with van der Waals surface area (Å²) in [6.07, 6.45) is 1.66. The van der Waals surface area contributed by atoms with Gasteiger partial charge in [0.2, 0.25) is 0 Å². The molecule has 8 heteroatoms. The Hall–Kier alpha value is -2.29. The van der Waals surface area contributed by atoms with E-state index in [9.17, 15) is 20.3 Å². The van der Waals surface area contributed by atoms with E-state index in [1.165, 1.54) is 10.9 Å². The van der Waals surface area contributed by atoms with Crippen LogP contribution in [0.15, 0.2) is 42.7 Å². The smallest absolute Gasteiger partial charge is 0.306 e. The normalized spacial score (nSPS) is 14.2. The lowest BCUT2D eigenvalue weighted by atomic mass is 9.81. The van der Waals surface area contributed by atoms with Crippen LogP contribution in [0.25, 0.3) is 0 Å². The summed E-state index contributed by atoms with van der Waals surface area (Å²) in [5, 5.41) is 37.8. The lowest BCUT2D eigenvalue weighted by Gasteiger charge is -2.34. The monoisotopic (exact) mass is 348 g/mol. The standard InChI is InChI=1S/C17H24N4O4/c1-17(2,12-22)16(13-6-4-3-5-7-13)18-9-15(23)11-20-10-14(8-19-20)21(24)25/h3-8,10,15-16,18,22-23H,9,11-12H2,1-2H3/t15-,16-/m0/s1. The Bertz CT molecular complexity index is 687. The highest BCUT2D eigenvalue weighted by Gasteiger charge is 2.30. The Kier molecular flexibility index (Phi) is 6.24. The van der Waals surface area contributed by atoms with E-state index in [2.05, 4.69) is 10.4 Å². The van der Waals surface area contributed by atoms with Crippen molar-refractivity contribution in [2.75, 3.05) is 13.2 Å². The third kappa shape index (κ3) is 5.09. The van der Waals surface area contributed by atoms with Gasteiger partial charge < -0.3 is 15.5 Å². The number of benzene rings is 1. The summed E-state index contributed by atoms with van der Waals surface area (Å²) in [6.45, 7) is 4.28. The average Bonchev–Trinajstić information content (AvgIpc) is 3.04. The van der Waals surface area contributed by atoms with Crippen LogP contribution in [0.1, 0.15) is 25.5 Å². The van der Waals surface area contributed by atoms with Gasteiger partial charge in [-0.25, -0.2) is 0 Å². The van der Waals surface area contributed by atoms with Crippen LogP contribution in [-0.4, -0.2) is 44.2 Å². The van der Waals surface area contributed by atoms with E-state index in [1.54, 1.807) is 0 Å². The van der Waals surface area contributed by atoms with E-state index in [-0.39, 0.29) is 31.4 Å². The zero-order valence-corrected chi connectivity index (χ0v) is 14.4. The molecular formula is C17H24N4O4. The van der Waals surface area contributed by atoms with Crippen molar-refractivity contribution in [1.29, 1.82) is 0 Å². The molecule has 0 aliphatic heterocycles. The van der Waals surface area contributed by atoms with Crippen LogP contribution in [0.2, 0.25) is 0 Å². The van der Waals surface area contributed by atoms with Crippen LogP contribution in [0.5, 0.6) is 0 Å². The maximum atomic E-state index is 10.7. The maximum Gasteiger partial charge on any atom is 0.306 e. The van der Waals surface area contributed by atoms with E-state index in [4.69, 9.17) is 0 Å². The summed E-state index contributed by atoms with van der Waals surface area (Å²) in [5.41, 5.74) is 0.484. The number of nitrogens with zero attached hydrogens (tertiary/aromatic N) is 3. The molecule has 8 nitrogen and oxygen atoms in total. The Morgan fingerprint density at radius 3 is 2.60 bits per heavy atom. The fourth-order valence-corrected chi connectivity index (χ4v) is 2.66. The quantitative estimate of drug-likeness (QED) is 0.467. The molecule has 2 rings (SSSR count). The van der Waals surface area contributed by atoms with Crippen LogP contribution in [0, 0.1) is 15.5 Å². The van der Waals surface area contributed by atoms with Crippen molar-refractivity contribution in [3.8, 4) is 0 Å². The van der Waals surface area contributed by atoms with Gasteiger partial charge in [0, 0.05) is 24.6 Å². The molecular weight excluding hydrogens is 324 g/mol. The highest BCUT2D eigenvalue weighted by Crippen LogP contribution is 2.32. The number of hydrogen-bond acceptors (Lipinski definition) is 6. The SMILES string of the molecule is CC(C)(CO)[C@@H](NC[C@H](O)Cn1cc([N+](=O)[O-])cn1)c1ccccc1. The molecule has 136 valence electrons. The van der Waals surface area contributed by atoms with Gasteiger partial charge in [0.25, 0.3) is 0 Å². The van der Waals surface area contributed by atoms with Gasteiger partial charge in [-0.15, -0.1) is 0 Å². The Morgan fingerprint density at radius 2 is 2.04 bits per heavy atom. The molecule has 2 atom stereocenters. The lowest BCUT2D eigenvalue weighted by Crippen LogP contribution is -2.41. The molecule has 0 amide bonds. The van der Waals surface area contributed by atoms with Crippen LogP contribution in [-0.2, 0) is 6.54 Å². The molecule has 3 N–H and O–H groups in total. The number of hydrogen-bond donors (Lipinski definition) is 3. The molecule has 0 unspecified atom stereocenters. The molecule has 0 saturated heterocycles. The average molecular weight is 348 g/mol. The highest BCUT2D eigenvalue weighted by atomic mass is 16.6. The number of nitro groups is 1. The first-order valence-corrected chi connectivity index (χ1v) is 8.07. The molecule has 0 spiro atoms. The van der Waals surface area contributed by atoms with Gasteiger partial charge in [0.05, 0.1) is 17.6 Å². The molecule has 0 bridgehead atoms. The first-order chi connectivity index (χ1) is 11.8. The molecule has 1 aromatic carbocycles. The minimum atomic E-state index is -0.778. The Balaban J connectivity index is 2.00.